The molecule has 2 heterocycles. The molecule has 0 bridgehead atoms. The standard InChI is InChI=1S/C15H20N4O3S/c16-23(21,22)10-9-18-5-7-19(8-6-18)15(20)14-11-12-3-1-2-4-13(12)17-14/h1-4,11,17H,5-10H2,(H2,16,21,22). The van der Waals surface area contributed by atoms with Gasteiger partial charge in [-0.25, -0.2) is 13.6 Å². The van der Waals surface area contributed by atoms with Crippen LogP contribution in [0.1, 0.15) is 10.5 Å². The number of aromatic amines is 1. The summed E-state index contributed by atoms with van der Waals surface area (Å²) in [6.07, 6.45) is 0. The highest BCUT2D eigenvalue weighted by molar-refractivity contribution is 7.89. The van der Waals surface area contributed by atoms with E-state index in [0.717, 1.165) is 10.9 Å². The molecule has 7 nitrogen and oxygen atoms in total. The van der Waals surface area contributed by atoms with Gasteiger partial charge in [0.1, 0.15) is 5.69 Å². The van der Waals surface area contributed by atoms with Gasteiger partial charge in [-0.2, -0.15) is 0 Å². The maximum Gasteiger partial charge on any atom is 0.270 e. The second-order valence-corrected chi connectivity index (χ2v) is 7.51. The first-order valence-electron chi connectivity index (χ1n) is 7.52. The maximum absolute atomic E-state index is 12.6. The Morgan fingerprint density at radius 3 is 2.52 bits per heavy atom. The lowest BCUT2D eigenvalue weighted by molar-refractivity contribution is 0.0639. The Morgan fingerprint density at radius 1 is 1.17 bits per heavy atom. The molecule has 0 unspecified atom stereocenters. The number of hydrogen-bond acceptors (Lipinski definition) is 4. The number of nitrogens with zero attached hydrogens (tertiary/aromatic N) is 2. The number of H-pyrrole nitrogens is 1. The number of rotatable bonds is 4. The highest BCUT2D eigenvalue weighted by Gasteiger charge is 2.23. The van der Waals surface area contributed by atoms with Gasteiger partial charge in [0.05, 0.1) is 5.75 Å². The molecule has 8 heteroatoms. The molecule has 0 aliphatic carbocycles. The van der Waals surface area contributed by atoms with E-state index in [-0.39, 0.29) is 11.7 Å². The summed E-state index contributed by atoms with van der Waals surface area (Å²) in [5, 5.41) is 6.03. The van der Waals surface area contributed by atoms with Crippen LogP contribution in [0.25, 0.3) is 10.9 Å². The molecule has 1 aromatic carbocycles. The summed E-state index contributed by atoms with van der Waals surface area (Å²) in [5.41, 5.74) is 1.53. The molecule has 3 rings (SSSR count). The molecule has 0 saturated carbocycles. The normalized spacial score (nSPS) is 16.8. The molecule has 0 atom stereocenters. The van der Waals surface area contributed by atoms with Crippen molar-refractivity contribution in [3.05, 3.63) is 36.0 Å². The molecule has 2 aromatic rings. The van der Waals surface area contributed by atoms with E-state index < -0.39 is 10.0 Å². The van der Waals surface area contributed by atoms with Gasteiger partial charge in [-0.15, -0.1) is 0 Å². The van der Waals surface area contributed by atoms with Gasteiger partial charge in [0.25, 0.3) is 5.91 Å². The Kier molecular flexibility index (Phi) is 4.38. The zero-order chi connectivity index (χ0) is 16.4. The zero-order valence-electron chi connectivity index (χ0n) is 12.7. The fourth-order valence-electron chi connectivity index (χ4n) is 2.79. The molecular formula is C15H20N4O3S. The van der Waals surface area contributed by atoms with Crippen molar-refractivity contribution in [1.29, 1.82) is 0 Å². The molecule has 1 amide bonds. The Hall–Kier alpha value is -1.90. The van der Waals surface area contributed by atoms with E-state index in [1.165, 1.54) is 0 Å². The average Bonchev–Trinajstić information content (AvgIpc) is 2.96. The number of carbonyl (C=O) groups is 1. The number of benzene rings is 1. The third kappa shape index (κ3) is 3.90. The lowest BCUT2D eigenvalue weighted by Gasteiger charge is -2.34. The van der Waals surface area contributed by atoms with Gasteiger partial charge in [0.15, 0.2) is 0 Å². The molecule has 124 valence electrons. The van der Waals surface area contributed by atoms with Crippen LogP contribution in [-0.4, -0.2) is 67.6 Å². The smallest absolute Gasteiger partial charge is 0.270 e. The van der Waals surface area contributed by atoms with Crippen LogP contribution in [0.5, 0.6) is 0 Å². The summed E-state index contributed by atoms with van der Waals surface area (Å²) in [7, 11) is -3.44. The van der Waals surface area contributed by atoms with Gasteiger partial charge in [-0.05, 0) is 12.1 Å². The van der Waals surface area contributed by atoms with Crippen molar-refractivity contribution in [3.8, 4) is 0 Å². The van der Waals surface area contributed by atoms with Gasteiger partial charge in [0, 0.05) is 43.6 Å². The van der Waals surface area contributed by atoms with Crippen molar-refractivity contribution in [3.63, 3.8) is 0 Å². The number of nitrogens with two attached hydrogens (primary N) is 1. The number of primary sulfonamides is 1. The van der Waals surface area contributed by atoms with Gasteiger partial charge in [0.2, 0.25) is 10.0 Å². The number of carbonyl (C=O) groups excluding carboxylic acids is 1. The summed E-state index contributed by atoms with van der Waals surface area (Å²) >= 11 is 0. The number of nitrogens with one attached hydrogen (secondary N) is 1. The van der Waals surface area contributed by atoms with E-state index in [1.807, 2.05) is 35.2 Å². The fraction of sp³-hybridized carbons (Fsp3) is 0.400. The number of para-hydroxylation sites is 1. The third-order valence-electron chi connectivity index (χ3n) is 4.11. The van der Waals surface area contributed by atoms with Crippen LogP contribution in [0.4, 0.5) is 0 Å². The van der Waals surface area contributed by atoms with Crippen LogP contribution >= 0.6 is 0 Å². The van der Waals surface area contributed by atoms with Crippen molar-refractivity contribution in [2.24, 2.45) is 5.14 Å². The summed E-state index contributed by atoms with van der Waals surface area (Å²) in [6.45, 7) is 2.88. The lowest BCUT2D eigenvalue weighted by atomic mass is 10.2. The van der Waals surface area contributed by atoms with Crippen molar-refractivity contribution < 1.29 is 13.2 Å². The summed E-state index contributed by atoms with van der Waals surface area (Å²) in [4.78, 5) is 19.5. The van der Waals surface area contributed by atoms with Crippen LogP contribution in [0.2, 0.25) is 0 Å². The lowest BCUT2D eigenvalue weighted by Crippen LogP contribution is -2.49. The van der Waals surface area contributed by atoms with Gasteiger partial charge in [-0.1, -0.05) is 18.2 Å². The minimum absolute atomic E-state index is 0.0210. The quantitative estimate of drug-likeness (QED) is 0.834. The van der Waals surface area contributed by atoms with Crippen LogP contribution in [0.3, 0.4) is 0 Å². The van der Waals surface area contributed by atoms with Gasteiger partial charge < -0.3 is 9.88 Å². The molecule has 0 spiro atoms. The number of aromatic nitrogens is 1. The van der Waals surface area contributed by atoms with Crippen LogP contribution in [0.15, 0.2) is 30.3 Å². The maximum atomic E-state index is 12.6. The Labute approximate surface area is 135 Å². The highest BCUT2D eigenvalue weighted by Crippen LogP contribution is 2.16. The monoisotopic (exact) mass is 336 g/mol. The Morgan fingerprint density at radius 2 is 1.87 bits per heavy atom. The SMILES string of the molecule is NS(=O)(=O)CCN1CCN(C(=O)c2cc3ccccc3[nH]2)CC1. The van der Waals surface area contributed by atoms with Crippen molar-refractivity contribution >= 4 is 26.8 Å². The van der Waals surface area contributed by atoms with Gasteiger partial charge in [-0.3, -0.25) is 9.69 Å². The van der Waals surface area contributed by atoms with Crippen LogP contribution in [0, 0.1) is 0 Å². The van der Waals surface area contributed by atoms with Crippen molar-refractivity contribution in [2.75, 3.05) is 38.5 Å². The van der Waals surface area contributed by atoms with E-state index in [9.17, 15) is 13.2 Å². The summed E-state index contributed by atoms with van der Waals surface area (Å²) < 4.78 is 22.0. The molecular weight excluding hydrogens is 316 g/mol. The molecule has 1 aliphatic heterocycles. The average molecular weight is 336 g/mol. The second-order valence-electron chi connectivity index (χ2n) is 5.77. The number of fused-ring (bicyclic) bond motifs is 1. The zero-order valence-corrected chi connectivity index (χ0v) is 13.6. The molecule has 3 N–H and O–H groups in total. The van der Waals surface area contributed by atoms with E-state index in [0.29, 0.717) is 38.4 Å². The molecule has 1 aliphatic rings. The predicted molar refractivity (Wildman–Crippen MR) is 88.6 cm³/mol. The second kappa shape index (κ2) is 6.31. The van der Waals surface area contributed by atoms with E-state index in [1.54, 1.807) is 4.90 Å². The molecule has 23 heavy (non-hydrogen) atoms. The van der Waals surface area contributed by atoms with E-state index in [2.05, 4.69) is 4.98 Å². The van der Waals surface area contributed by atoms with E-state index in [4.69, 9.17) is 5.14 Å². The van der Waals surface area contributed by atoms with Crippen LogP contribution < -0.4 is 5.14 Å². The van der Waals surface area contributed by atoms with Crippen LogP contribution in [-0.2, 0) is 10.0 Å². The minimum atomic E-state index is -3.44. The predicted octanol–water partition coefficient (Wildman–Crippen LogP) is 0.214. The third-order valence-corrected chi connectivity index (χ3v) is 4.86. The number of hydrogen-bond donors (Lipinski definition) is 2. The van der Waals surface area contributed by atoms with Crippen molar-refractivity contribution in [2.45, 2.75) is 0 Å². The summed E-state index contributed by atoms with van der Waals surface area (Å²) in [5.74, 6) is -0.0736. The van der Waals surface area contributed by atoms with Gasteiger partial charge >= 0.3 is 0 Å². The van der Waals surface area contributed by atoms with Crippen molar-refractivity contribution in [1.82, 2.24) is 14.8 Å². The highest BCUT2D eigenvalue weighted by atomic mass is 32.2. The fourth-order valence-corrected chi connectivity index (χ4v) is 3.30. The molecule has 1 saturated heterocycles. The minimum Gasteiger partial charge on any atom is -0.351 e. The Balaban J connectivity index is 1.60. The number of amides is 1. The number of piperazine rings is 1. The molecule has 1 aromatic heterocycles. The first-order chi connectivity index (χ1) is 10.9. The first-order valence-corrected chi connectivity index (χ1v) is 9.24. The largest absolute Gasteiger partial charge is 0.351 e. The topological polar surface area (TPSA) is 99.5 Å². The van der Waals surface area contributed by atoms with E-state index >= 15 is 0 Å². The number of sulfonamides is 1. The molecule has 1 fully saturated rings. The summed E-state index contributed by atoms with van der Waals surface area (Å²) in [6, 6.07) is 9.64. The first kappa shape index (κ1) is 16.0. The molecule has 0 radical (unpaired) electrons. The Bertz CT molecular complexity index is 774.